The van der Waals surface area contributed by atoms with E-state index >= 15 is 0 Å². The number of hydrogen-bond acceptors (Lipinski definition) is 3. The Kier molecular flexibility index (Phi) is 6.23. The highest BCUT2D eigenvalue weighted by atomic mass is 19.4. The molecule has 1 saturated heterocycles. The van der Waals surface area contributed by atoms with Crippen LogP contribution in [0, 0.1) is 0 Å². The highest BCUT2D eigenvalue weighted by molar-refractivity contribution is 5.74. The summed E-state index contributed by atoms with van der Waals surface area (Å²) >= 11 is 0. The van der Waals surface area contributed by atoms with E-state index in [1.54, 1.807) is 7.11 Å². The van der Waals surface area contributed by atoms with Crippen LogP contribution in [0.15, 0.2) is 24.3 Å². The number of rotatable bonds is 5. The maximum Gasteiger partial charge on any atom is 0.408 e. The number of carbonyl (C=O) groups is 1. The number of amides is 1. The van der Waals surface area contributed by atoms with Crippen LogP contribution in [0.4, 0.5) is 13.2 Å². The largest absolute Gasteiger partial charge is 0.408 e. The van der Waals surface area contributed by atoms with Gasteiger partial charge in [0.25, 0.3) is 0 Å². The van der Waals surface area contributed by atoms with Gasteiger partial charge >= 0.3 is 6.18 Å². The van der Waals surface area contributed by atoms with Crippen LogP contribution in [0.5, 0.6) is 0 Å². The fraction of sp³-hybridized carbons (Fsp3) is 0.588. The molecule has 134 valence electrons. The van der Waals surface area contributed by atoms with Gasteiger partial charge in [0, 0.05) is 33.2 Å². The van der Waals surface area contributed by atoms with Gasteiger partial charge in [0.1, 0.15) is 6.04 Å². The second kappa shape index (κ2) is 7.98. The number of piperidine rings is 1. The molecule has 1 amide bonds. The Balaban J connectivity index is 1.91. The Bertz CT molecular complexity index is 546. The van der Waals surface area contributed by atoms with Crippen molar-refractivity contribution in [2.45, 2.75) is 51.2 Å². The molecule has 2 atom stereocenters. The van der Waals surface area contributed by atoms with Crippen molar-refractivity contribution in [1.29, 1.82) is 0 Å². The molecule has 1 N–H and O–H groups in total. The highest BCUT2D eigenvalue weighted by Crippen LogP contribution is 2.32. The van der Waals surface area contributed by atoms with Crippen LogP contribution in [0.1, 0.15) is 30.9 Å². The topological polar surface area (TPSA) is 41.6 Å². The van der Waals surface area contributed by atoms with Crippen LogP contribution >= 0.6 is 0 Å². The number of benzene rings is 1. The molecule has 1 aliphatic heterocycles. The molecule has 0 bridgehead atoms. The van der Waals surface area contributed by atoms with Gasteiger partial charge in [0.15, 0.2) is 0 Å². The predicted octanol–water partition coefficient (Wildman–Crippen LogP) is 2.86. The van der Waals surface area contributed by atoms with Crippen molar-refractivity contribution < 1.29 is 22.7 Å². The van der Waals surface area contributed by atoms with E-state index in [4.69, 9.17) is 4.74 Å². The van der Waals surface area contributed by atoms with E-state index in [1.807, 2.05) is 24.3 Å². The average molecular weight is 344 g/mol. The molecule has 1 aromatic rings. The van der Waals surface area contributed by atoms with Crippen LogP contribution in [0.2, 0.25) is 0 Å². The monoisotopic (exact) mass is 344 g/mol. The number of ether oxygens (including phenoxy) is 1. The third-order valence-corrected chi connectivity index (χ3v) is 4.29. The van der Waals surface area contributed by atoms with Crippen molar-refractivity contribution in [3.8, 4) is 0 Å². The van der Waals surface area contributed by atoms with E-state index in [0.717, 1.165) is 16.0 Å². The van der Waals surface area contributed by atoms with Crippen LogP contribution in [-0.4, -0.2) is 42.7 Å². The first kappa shape index (κ1) is 18.7. The molecular weight excluding hydrogens is 321 g/mol. The normalized spacial score (nSPS) is 21.8. The summed E-state index contributed by atoms with van der Waals surface area (Å²) in [4.78, 5) is 12.5. The van der Waals surface area contributed by atoms with Crippen LogP contribution < -0.4 is 5.32 Å². The highest BCUT2D eigenvalue weighted by Gasteiger charge is 2.47. The molecule has 0 saturated carbocycles. The molecule has 0 aliphatic carbocycles. The van der Waals surface area contributed by atoms with Gasteiger partial charge in [-0.25, -0.2) is 0 Å². The molecule has 4 nitrogen and oxygen atoms in total. The van der Waals surface area contributed by atoms with Gasteiger partial charge in [-0.2, -0.15) is 13.2 Å². The van der Waals surface area contributed by atoms with Gasteiger partial charge < -0.3 is 15.0 Å². The molecule has 0 aromatic heterocycles. The summed E-state index contributed by atoms with van der Waals surface area (Å²) in [6.07, 6.45) is -4.03. The van der Waals surface area contributed by atoms with Crippen molar-refractivity contribution in [2.24, 2.45) is 0 Å². The zero-order valence-corrected chi connectivity index (χ0v) is 13.9. The molecule has 24 heavy (non-hydrogen) atoms. The zero-order valence-electron chi connectivity index (χ0n) is 13.9. The van der Waals surface area contributed by atoms with Crippen molar-refractivity contribution in [3.05, 3.63) is 35.4 Å². The van der Waals surface area contributed by atoms with Crippen molar-refractivity contribution in [3.63, 3.8) is 0 Å². The SMILES string of the molecule is COCc1ccc(CNC2CCC(C(F)(F)F)N(C(C)=O)C2)cc1. The number of alkyl halides is 3. The van der Waals surface area contributed by atoms with Gasteiger partial charge in [0.05, 0.1) is 6.61 Å². The average Bonchev–Trinajstić information content (AvgIpc) is 2.53. The molecule has 0 radical (unpaired) electrons. The quantitative estimate of drug-likeness (QED) is 0.893. The third-order valence-electron chi connectivity index (χ3n) is 4.29. The first-order chi connectivity index (χ1) is 11.3. The lowest BCUT2D eigenvalue weighted by Gasteiger charge is -2.40. The number of nitrogens with zero attached hydrogens (tertiary/aromatic N) is 1. The number of carbonyl (C=O) groups excluding carboxylic acids is 1. The molecule has 1 fully saturated rings. The second-order valence-electron chi connectivity index (χ2n) is 6.13. The number of likely N-dealkylation sites (tertiary alicyclic amines) is 1. The number of nitrogens with one attached hydrogen (secondary N) is 1. The summed E-state index contributed by atoms with van der Waals surface area (Å²) in [5, 5.41) is 3.25. The van der Waals surface area contributed by atoms with E-state index in [0.29, 0.717) is 19.6 Å². The Labute approximate surface area is 140 Å². The van der Waals surface area contributed by atoms with Gasteiger partial charge in [-0.15, -0.1) is 0 Å². The summed E-state index contributed by atoms with van der Waals surface area (Å²) < 4.78 is 44.1. The fourth-order valence-electron chi connectivity index (χ4n) is 3.01. The van der Waals surface area contributed by atoms with Gasteiger partial charge in [-0.3, -0.25) is 4.79 Å². The van der Waals surface area contributed by atoms with E-state index in [9.17, 15) is 18.0 Å². The van der Waals surface area contributed by atoms with Crippen molar-refractivity contribution >= 4 is 5.91 Å². The minimum absolute atomic E-state index is 0.0620. The molecule has 0 spiro atoms. The number of halogens is 3. The maximum absolute atomic E-state index is 13.0. The Morgan fingerprint density at radius 2 is 1.88 bits per heavy atom. The molecular formula is C17H23F3N2O2. The summed E-state index contributed by atoms with van der Waals surface area (Å²) in [7, 11) is 1.63. The van der Waals surface area contributed by atoms with Crippen molar-refractivity contribution in [1.82, 2.24) is 10.2 Å². The minimum Gasteiger partial charge on any atom is -0.380 e. The molecule has 1 aromatic carbocycles. The summed E-state index contributed by atoms with van der Waals surface area (Å²) in [6.45, 7) is 2.38. The summed E-state index contributed by atoms with van der Waals surface area (Å²) in [5.74, 6) is -0.534. The molecule has 1 aliphatic rings. The zero-order chi connectivity index (χ0) is 17.7. The van der Waals surface area contributed by atoms with Crippen molar-refractivity contribution in [2.75, 3.05) is 13.7 Å². The first-order valence-corrected chi connectivity index (χ1v) is 7.95. The van der Waals surface area contributed by atoms with Gasteiger partial charge in [-0.05, 0) is 24.0 Å². The lowest BCUT2D eigenvalue weighted by molar-refractivity contribution is -0.196. The molecule has 1 heterocycles. The molecule has 7 heteroatoms. The minimum atomic E-state index is -4.37. The molecule has 2 rings (SSSR count). The number of hydrogen-bond donors (Lipinski definition) is 1. The summed E-state index contributed by atoms with van der Waals surface area (Å²) in [6, 6.07) is 6.05. The second-order valence-corrected chi connectivity index (χ2v) is 6.13. The van der Waals surface area contributed by atoms with E-state index in [-0.39, 0.29) is 19.0 Å². The standard InChI is InChI=1S/C17H23F3N2O2/c1-12(23)22-10-15(7-8-16(22)17(18,19)20)21-9-13-3-5-14(6-4-13)11-24-2/h3-6,15-16,21H,7-11H2,1-2H3. The fourth-order valence-corrected chi connectivity index (χ4v) is 3.01. The van der Waals surface area contributed by atoms with E-state index < -0.39 is 18.1 Å². The lowest BCUT2D eigenvalue weighted by atomic mass is 9.97. The molecule has 2 unspecified atom stereocenters. The van der Waals surface area contributed by atoms with Gasteiger partial charge in [0.2, 0.25) is 5.91 Å². The Morgan fingerprint density at radius 3 is 2.42 bits per heavy atom. The lowest BCUT2D eigenvalue weighted by Crippen LogP contribution is -2.56. The van der Waals surface area contributed by atoms with Crippen LogP contribution in [0.25, 0.3) is 0 Å². The Hall–Kier alpha value is -1.60. The maximum atomic E-state index is 13.0. The smallest absolute Gasteiger partial charge is 0.380 e. The number of methoxy groups -OCH3 is 1. The van der Waals surface area contributed by atoms with E-state index in [1.165, 1.54) is 6.92 Å². The van der Waals surface area contributed by atoms with Gasteiger partial charge in [-0.1, -0.05) is 24.3 Å². The van der Waals surface area contributed by atoms with E-state index in [2.05, 4.69) is 5.32 Å². The predicted molar refractivity (Wildman–Crippen MR) is 84.2 cm³/mol. The van der Waals surface area contributed by atoms with Crippen LogP contribution in [0.3, 0.4) is 0 Å². The van der Waals surface area contributed by atoms with Crippen LogP contribution in [-0.2, 0) is 22.7 Å². The Morgan fingerprint density at radius 1 is 1.25 bits per heavy atom. The third kappa shape index (κ3) is 4.95. The first-order valence-electron chi connectivity index (χ1n) is 7.95. The summed E-state index contributed by atoms with van der Waals surface area (Å²) in [5.41, 5.74) is 2.11.